The van der Waals surface area contributed by atoms with E-state index in [9.17, 15) is 0 Å². The Balaban J connectivity index is 2.44. The van der Waals surface area contributed by atoms with E-state index in [4.69, 9.17) is 10.5 Å². The van der Waals surface area contributed by atoms with Gasteiger partial charge in [0.15, 0.2) is 0 Å². The molecule has 3 heteroatoms. The Morgan fingerprint density at radius 2 is 2.06 bits per heavy atom. The maximum Gasteiger partial charge on any atom is 0.0669 e. The van der Waals surface area contributed by atoms with Gasteiger partial charge in [0.2, 0.25) is 0 Å². The van der Waals surface area contributed by atoms with Gasteiger partial charge in [-0.3, -0.25) is 0 Å². The first-order valence-corrected chi connectivity index (χ1v) is 7.12. The van der Waals surface area contributed by atoms with E-state index >= 15 is 0 Å². The summed E-state index contributed by atoms with van der Waals surface area (Å²) in [6.45, 7) is 7.72. The molecule has 2 atom stereocenters. The molecule has 1 rings (SSSR count). The van der Waals surface area contributed by atoms with Gasteiger partial charge in [0.1, 0.15) is 0 Å². The Morgan fingerprint density at radius 1 is 1.28 bits per heavy atom. The van der Waals surface area contributed by atoms with Crippen molar-refractivity contribution in [2.45, 2.75) is 52.4 Å². The van der Waals surface area contributed by atoms with Crippen LogP contribution in [0.2, 0.25) is 0 Å². The normalized spacial score (nSPS) is 26.9. The molecule has 0 aromatic rings. The smallest absolute Gasteiger partial charge is 0.0669 e. The lowest BCUT2D eigenvalue weighted by Gasteiger charge is -2.27. The molecule has 18 heavy (non-hydrogen) atoms. The molecule has 0 aromatic carbocycles. The Morgan fingerprint density at radius 3 is 2.67 bits per heavy atom. The molecule has 0 aliphatic carbocycles. The molecular weight excluding hydrogens is 222 g/mol. The van der Waals surface area contributed by atoms with Gasteiger partial charge in [-0.2, -0.15) is 10.5 Å². The molecule has 0 saturated carbocycles. The molecule has 0 radical (unpaired) electrons. The highest BCUT2D eigenvalue weighted by Gasteiger charge is 2.26. The van der Waals surface area contributed by atoms with Gasteiger partial charge in [-0.05, 0) is 44.2 Å². The van der Waals surface area contributed by atoms with Crippen LogP contribution in [-0.4, -0.2) is 24.5 Å². The highest BCUT2D eigenvalue weighted by Crippen LogP contribution is 2.34. The van der Waals surface area contributed by atoms with Gasteiger partial charge in [0, 0.05) is 13.0 Å². The lowest BCUT2D eigenvalue weighted by atomic mass is 9.80. The van der Waals surface area contributed by atoms with E-state index in [-0.39, 0.29) is 5.92 Å². The van der Waals surface area contributed by atoms with Crippen molar-refractivity contribution in [2.75, 3.05) is 19.6 Å². The summed E-state index contributed by atoms with van der Waals surface area (Å²) in [5.74, 6) is 0.0237. The van der Waals surface area contributed by atoms with Crippen LogP contribution < -0.4 is 0 Å². The van der Waals surface area contributed by atoms with Gasteiger partial charge in [0.05, 0.1) is 18.1 Å². The number of nitriles is 2. The Bertz CT molecular complexity index is 326. The second kappa shape index (κ2) is 7.39. The van der Waals surface area contributed by atoms with Crippen molar-refractivity contribution in [1.29, 1.82) is 10.5 Å². The standard InChI is InChI=1S/C15H25N3/c1-3-15(2)7-5-10-18(11-8-15)13-14(12-17)6-4-9-16/h14H,3-8,10-11,13H2,1-2H3/t14-,15-/m1/s1. The lowest BCUT2D eigenvalue weighted by Crippen LogP contribution is -2.30. The van der Waals surface area contributed by atoms with Crippen LogP contribution >= 0.6 is 0 Å². The maximum absolute atomic E-state index is 9.12. The zero-order valence-corrected chi connectivity index (χ0v) is 11.8. The minimum Gasteiger partial charge on any atom is -0.302 e. The minimum atomic E-state index is 0.0237. The predicted molar refractivity (Wildman–Crippen MR) is 72.6 cm³/mol. The first-order valence-electron chi connectivity index (χ1n) is 7.12. The van der Waals surface area contributed by atoms with E-state index in [2.05, 4.69) is 30.9 Å². The van der Waals surface area contributed by atoms with Crippen molar-refractivity contribution >= 4 is 0 Å². The maximum atomic E-state index is 9.12. The summed E-state index contributed by atoms with van der Waals surface area (Å²) in [6.07, 6.45) is 6.24. The van der Waals surface area contributed by atoms with Gasteiger partial charge in [0.25, 0.3) is 0 Å². The fraction of sp³-hybridized carbons (Fsp3) is 0.867. The summed E-state index contributed by atoms with van der Waals surface area (Å²) in [6, 6.07) is 4.48. The SMILES string of the molecule is CC[C@]1(C)CCCN(C[C@@H](C#N)CCC#N)CC1. The zero-order valence-electron chi connectivity index (χ0n) is 11.8. The monoisotopic (exact) mass is 247 g/mol. The predicted octanol–water partition coefficient (Wildman–Crippen LogP) is 3.33. The molecule has 1 aliphatic rings. The van der Waals surface area contributed by atoms with Crippen molar-refractivity contribution < 1.29 is 0 Å². The van der Waals surface area contributed by atoms with Gasteiger partial charge >= 0.3 is 0 Å². The molecule has 1 aliphatic heterocycles. The molecule has 0 spiro atoms. The van der Waals surface area contributed by atoms with Crippen molar-refractivity contribution in [3.63, 3.8) is 0 Å². The van der Waals surface area contributed by atoms with Crippen molar-refractivity contribution in [3.05, 3.63) is 0 Å². The largest absolute Gasteiger partial charge is 0.302 e. The minimum absolute atomic E-state index is 0.0237. The average Bonchev–Trinajstić information content (AvgIpc) is 2.57. The van der Waals surface area contributed by atoms with Crippen molar-refractivity contribution in [3.8, 4) is 12.1 Å². The molecule has 1 heterocycles. The summed E-state index contributed by atoms with van der Waals surface area (Å²) in [7, 11) is 0. The summed E-state index contributed by atoms with van der Waals surface area (Å²) in [5, 5.41) is 17.7. The van der Waals surface area contributed by atoms with E-state index in [1.54, 1.807) is 0 Å². The van der Waals surface area contributed by atoms with Crippen LogP contribution in [-0.2, 0) is 0 Å². The zero-order chi connectivity index (χ0) is 13.4. The molecule has 0 amide bonds. The van der Waals surface area contributed by atoms with E-state index in [0.29, 0.717) is 18.3 Å². The topological polar surface area (TPSA) is 50.8 Å². The molecular formula is C15H25N3. The number of nitrogens with zero attached hydrogens (tertiary/aromatic N) is 3. The first kappa shape index (κ1) is 15.0. The van der Waals surface area contributed by atoms with Crippen LogP contribution in [0.5, 0.6) is 0 Å². The third kappa shape index (κ3) is 4.67. The van der Waals surface area contributed by atoms with Crippen LogP contribution in [0.15, 0.2) is 0 Å². The second-order valence-corrected chi connectivity index (χ2v) is 5.84. The quantitative estimate of drug-likeness (QED) is 0.748. The van der Waals surface area contributed by atoms with Crippen LogP contribution in [0.3, 0.4) is 0 Å². The van der Waals surface area contributed by atoms with E-state index in [1.165, 1.54) is 25.7 Å². The van der Waals surface area contributed by atoms with Gasteiger partial charge < -0.3 is 4.90 Å². The van der Waals surface area contributed by atoms with Gasteiger partial charge in [-0.1, -0.05) is 20.3 Å². The summed E-state index contributed by atoms with van der Waals surface area (Å²) >= 11 is 0. The molecule has 0 unspecified atom stereocenters. The molecule has 0 bridgehead atoms. The molecule has 1 saturated heterocycles. The number of hydrogen-bond donors (Lipinski definition) is 0. The number of likely N-dealkylation sites (tertiary alicyclic amines) is 1. The van der Waals surface area contributed by atoms with Gasteiger partial charge in [-0.15, -0.1) is 0 Å². The summed E-state index contributed by atoms with van der Waals surface area (Å²) in [5.41, 5.74) is 0.490. The third-order valence-electron chi connectivity index (χ3n) is 4.41. The van der Waals surface area contributed by atoms with Crippen LogP contribution in [0.4, 0.5) is 0 Å². The fourth-order valence-corrected chi connectivity index (χ4v) is 2.68. The first-order chi connectivity index (χ1) is 8.63. The summed E-state index contributed by atoms with van der Waals surface area (Å²) < 4.78 is 0. The fourth-order valence-electron chi connectivity index (χ4n) is 2.68. The third-order valence-corrected chi connectivity index (χ3v) is 4.41. The highest BCUT2D eigenvalue weighted by molar-refractivity contribution is 4.89. The molecule has 0 N–H and O–H groups in total. The van der Waals surface area contributed by atoms with Crippen LogP contribution in [0.1, 0.15) is 52.4 Å². The highest BCUT2D eigenvalue weighted by atomic mass is 15.1. The van der Waals surface area contributed by atoms with E-state index in [1.807, 2.05) is 0 Å². The van der Waals surface area contributed by atoms with E-state index in [0.717, 1.165) is 19.6 Å². The second-order valence-electron chi connectivity index (χ2n) is 5.84. The Labute approximate surface area is 111 Å². The summed E-state index contributed by atoms with van der Waals surface area (Å²) in [4.78, 5) is 2.42. The van der Waals surface area contributed by atoms with Crippen molar-refractivity contribution in [2.24, 2.45) is 11.3 Å². The van der Waals surface area contributed by atoms with Crippen LogP contribution in [0, 0.1) is 34.0 Å². The molecule has 1 fully saturated rings. The lowest BCUT2D eigenvalue weighted by molar-refractivity contribution is 0.228. The Kier molecular flexibility index (Phi) is 6.16. The van der Waals surface area contributed by atoms with Crippen molar-refractivity contribution in [1.82, 2.24) is 4.90 Å². The molecule has 3 nitrogen and oxygen atoms in total. The Hall–Kier alpha value is -1.06. The molecule has 0 aromatic heterocycles. The number of rotatable bonds is 5. The van der Waals surface area contributed by atoms with Crippen LogP contribution in [0.25, 0.3) is 0 Å². The number of hydrogen-bond acceptors (Lipinski definition) is 3. The van der Waals surface area contributed by atoms with E-state index < -0.39 is 0 Å². The van der Waals surface area contributed by atoms with Gasteiger partial charge in [-0.25, -0.2) is 0 Å². The molecule has 100 valence electrons. The average molecular weight is 247 g/mol.